The van der Waals surface area contributed by atoms with Crippen LogP contribution >= 0.6 is 11.6 Å². The van der Waals surface area contributed by atoms with E-state index in [0.29, 0.717) is 23.8 Å². The van der Waals surface area contributed by atoms with Gasteiger partial charge in [0, 0.05) is 0 Å². The molecule has 2 rings (SSSR count). The third-order valence-corrected chi connectivity index (χ3v) is 5.64. The number of nitrogens with one attached hydrogen (secondary N) is 1. The molecule has 7 nitrogen and oxygen atoms in total. The molecule has 0 spiro atoms. The Morgan fingerprint density at radius 2 is 1.86 bits per heavy atom. The van der Waals surface area contributed by atoms with Crippen molar-refractivity contribution < 1.29 is 22.7 Å². The number of amides is 1. The highest BCUT2D eigenvalue weighted by Crippen LogP contribution is 2.32. The molecule has 1 N–H and O–H groups in total. The first kappa shape index (κ1) is 22.8. The van der Waals surface area contributed by atoms with Gasteiger partial charge in [-0.3, -0.25) is 9.10 Å². The molecule has 1 atom stereocenters. The standard InChI is InChI=1S/C20H25ClN2O5S/c1-5-17(20(24)22-16-9-7-8-10-19(16)28-6-2)23(29(4,25)26)14-11-12-18(27-3)15(21)13-14/h7-13,17H,5-6H2,1-4H3,(H,22,24)/t17-/m1/s1. The lowest BCUT2D eigenvalue weighted by Crippen LogP contribution is -2.47. The lowest BCUT2D eigenvalue weighted by Gasteiger charge is -2.30. The quantitative estimate of drug-likeness (QED) is 0.638. The van der Waals surface area contributed by atoms with Crippen molar-refractivity contribution in [1.29, 1.82) is 0 Å². The second kappa shape index (κ2) is 9.84. The Hall–Kier alpha value is -2.45. The summed E-state index contributed by atoms with van der Waals surface area (Å²) in [4.78, 5) is 13.0. The summed E-state index contributed by atoms with van der Waals surface area (Å²) < 4.78 is 36.9. The van der Waals surface area contributed by atoms with Crippen molar-refractivity contribution in [3.63, 3.8) is 0 Å². The number of para-hydroxylation sites is 2. The first-order valence-corrected chi connectivity index (χ1v) is 11.3. The molecule has 2 aromatic carbocycles. The fourth-order valence-corrected chi connectivity index (χ4v) is 4.38. The van der Waals surface area contributed by atoms with Crippen molar-refractivity contribution in [2.24, 2.45) is 0 Å². The lowest BCUT2D eigenvalue weighted by molar-refractivity contribution is -0.117. The van der Waals surface area contributed by atoms with E-state index in [-0.39, 0.29) is 17.1 Å². The zero-order chi connectivity index (χ0) is 21.6. The molecule has 9 heteroatoms. The van der Waals surface area contributed by atoms with Crippen LogP contribution in [0.2, 0.25) is 5.02 Å². The van der Waals surface area contributed by atoms with Crippen LogP contribution in [-0.2, 0) is 14.8 Å². The summed E-state index contributed by atoms with van der Waals surface area (Å²) in [6.45, 7) is 4.01. The van der Waals surface area contributed by atoms with Gasteiger partial charge in [-0.2, -0.15) is 0 Å². The van der Waals surface area contributed by atoms with Crippen LogP contribution in [0.4, 0.5) is 11.4 Å². The summed E-state index contributed by atoms with van der Waals surface area (Å²) in [5, 5.41) is 3.02. The van der Waals surface area contributed by atoms with Crippen molar-refractivity contribution in [2.45, 2.75) is 26.3 Å². The van der Waals surface area contributed by atoms with Crippen LogP contribution in [0.3, 0.4) is 0 Å². The van der Waals surface area contributed by atoms with E-state index in [9.17, 15) is 13.2 Å². The van der Waals surface area contributed by atoms with Crippen molar-refractivity contribution in [3.8, 4) is 11.5 Å². The largest absolute Gasteiger partial charge is 0.495 e. The maximum absolute atomic E-state index is 13.0. The predicted molar refractivity (Wildman–Crippen MR) is 116 cm³/mol. The number of anilines is 2. The van der Waals surface area contributed by atoms with Gasteiger partial charge in [0.05, 0.1) is 36.4 Å². The van der Waals surface area contributed by atoms with Crippen LogP contribution in [0.1, 0.15) is 20.3 Å². The fourth-order valence-electron chi connectivity index (χ4n) is 2.92. The van der Waals surface area contributed by atoms with E-state index < -0.39 is 22.0 Å². The lowest BCUT2D eigenvalue weighted by atomic mass is 10.1. The summed E-state index contributed by atoms with van der Waals surface area (Å²) in [6.07, 6.45) is 1.30. The highest BCUT2D eigenvalue weighted by Gasteiger charge is 2.32. The molecule has 0 radical (unpaired) electrons. The first-order chi connectivity index (χ1) is 13.7. The zero-order valence-electron chi connectivity index (χ0n) is 16.8. The summed E-state index contributed by atoms with van der Waals surface area (Å²) in [6, 6.07) is 10.6. The van der Waals surface area contributed by atoms with Gasteiger partial charge < -0.3 is 14.8 Å². The molecule has 0 aliphatic heterocycles. The Kier molecular flexibility index (Phi) is 7.75. The molecule has 0 aliphatic rings. The third-order valence-electron chi connectivity index (χ3n) is 4.16. The number of halogens is 1. The SMILES string of the molecule is CCOc1ccccc1NC(=O)[C@@H](CC)N(c1ccc(OC)c(Cl)c1)S(C)(=O)=O. The molecule has 1 amide bonds. The van der Waals surface area contributed by atoms with Gasteiger partial charge in [-0.25, -0.2) is 8.42 Å². The maximum Gasteiger partial charge on any atom is 0.248 e. The monoisotopic (exact) mass is 440 g/mol. The zero-order valence-corrected chi connectivity index (χ0v) is 18.4. The molecule has 0 saturated heterocycles. The number of sulfonamides is 1. The molecule has 0 bridgehead atoms. The van der Waals surface area contributed by atoms with Gasteiger partial charge in [0.15, 0.2) is 0 Å². The van der Waals surface area contributed by atoms with Crippen LogP contribution in [0, 0.1) is 0 Å². The average Bonchev–Trinajstić information content (AvgIpc) is 2.66. The van der Waals surface area contributed by atoms with Gasteiger partial charge in [-0.1, -0.05) is 30.7 Å². The van der Waals surface area contributed by atoms with Crippen LogP contribution in [-0.4, -0.2) is 40.3 Å². The second-order valence-electron chi connectivity index (χ2n) is 6.22. The van der Waals surface area contributed by atoms with Crippen molar-refractivity contribution in [3.05, 3.63) is 47.5 Å². The molecule has 29 heavy (non-hydrogen) atoms. The molecule has 0 aliphatic carbocycles. The normalized spacial score (nSPS) is 12.2. The Labute approximate surface area is 176 Å². The maximum atomic E-state index is 13.0. The Morgan fingerprint density at radius 3 is 2.41 bits per heavy atom. The van der Waals surface area contributed by atoms with E-state index in [4.69, 9.17) is 21.1 Å². The van der Waals surface area contributed by atoms with Crippen LogP contribution in [0.25, 0.3) is 0 Å². The number of nitrogens with zero attached hydrogens (tertiary/aromatic N) is 1. The summed E-state index contributed by atoms with van der Waals surface area (Å²) in [7, 11) is -2.32. The Balaban J connectivity index is 2.41. The number of benzene rings is 2. The minimum atomic E-state index is -3.78. The van der Waals surface area contributed by atoms with Crippen LogP contribution < -0.4 is 19.1 Å². The minimum Gasteiger partial charge on any atom is -0.495 e. The number of methoxy groups -OCH3 is 1. The topological polar surface area (TPSA) is 84.9 Å². The average molecular weight is 441 g/mol. The number of hydrogen-bond donors (Lipinski definition) is 1. The van der Waals surface area contributed by atoms with Gasteiger partial charge in [-0.15, -0.1) is 0 Å². The minimum absolute atomic E-state index is 0.246. The van der Waals surface area contributed by atoms with E-state index in [1.54, 1.807) is 43.3 Å². The van der Waals surface area contributed by atoms with Crippen LogP contribution in [0.15, 0.2) is 42.5 Å². The van der Waals surface area contributed by atoms with Gasteiger partial charge >= 0.3 is 0 Å². The van der Waals surface area contributed by atoms with Gasteiger partial charge in [0.1, 0.15) is 17.5 Å². The third kappa shape index (κ3) is 5.55. The summed E-state index contributed by atoms with van der Waals surface area (Å²) in [5.74, 6) is 0.445. The molecule has 0 fully saturated rings. The summed E-state index contributed by atoms with van der Waals surface area (Å²) in [5.41, 5.74) is 0.748. The van der Waals surface area contributed by atoms with E-state index in [0.717, 1.165) is 10.6 Å². The number of rotatable bonds is 9. The van der Waals surface area contributed by atoms with Gasteiger partial charge in [0.2, 0.25) is 15.9 Å². The van der Waals surface area contributed by atoms with Gasteiger partial charge in [0.25, 0.3) is 0 Å². The Bertz CT molecular complexity index is 965. The number of carbonyl (C=O) groups is 1. The predicted octanol–water partition coefficient (Wildman–Crippen LogP) is 3.93. The molecule has 158 valence electrons. The van der Waals surface area contributed by atoms with E-state index in [1.807, 2.05) is 6.92 Å². The summed E-state index contributed by atoms with van der Waals surface area (Å²) >= 11 is 6.17. The molecule has 0 saturated carbocycles. The van der Waals surface area contributed by atoms with E-state index in [2.05, 4.69) is 5.32 Å². The highest BCUT2D eigenvalue weighted by atomic mass is 35.5. The molecule has 0 unspecified atom stereocenters. The molecule has 0 aromatic heterocycles. The fraction of sp³-hybridized carbons (Fsp3) is 0.350. The van der Waals surface area contributed by atoms with E-state index in [1.165, 1.54) is 13.2 Å². The first-order valence-electron chi connectivity index (χ1n) is 9.08. The van der Waals surface area contributed by atoms with Crippen molar-refractivity contribution in [1.82, 2.24) is 0 Å². The van der Waals surface area contributed by atoms with Crippen molar-refractivity contribution >= 4 is 38.9 Å². The highest BCUT2D eigenvalue weighted by molar-refractivity contribution is 7.92. The van der Waals surface area contributed by atoms with Crippen LogP contribution in [0.5, 0.6) is 11.5 Å². The Morgan fingerprint density at radius 1 is 1.17 bits per heavy atom. The number of carbonyl (C=O) groups excluding carboxylic acids is 1. The number of hydrogen-bond acceptors (Lipinski definition) is 5. The molecular weight excluding hydrogens is 416 g/mol. The van der Waals surface area contributed by atoms with Gasteiger partial charge in [-0.05, 0) is 43.7 Å². The van der Waals surface area contributed by atoms with Crippen molar-refractivity contribution in [2.75, 3.05) is 29.6 Å². The molecular formula is C20H25ClN2O5S. The second-order valence-corrected chi connectivity index (χ2v) is 8.49. The molecule has 2 aromatic rings. The smallest absolute Gasteiger partial charge is 0.248 e. The number of ether oxygens (including phenoxy) is 2. The molecule has 0 heterocycles. The van der Waals surface area contributed by atoms with E-state index >= 15 is 0 Å².